The molecule has 2 aromatic heterocycles. The molecule has 0 aliphatic rings. The molecule has 37 heavy (non-hydrogen) atoms. The average molecular weight is 576 g/mol. The summed E-state index contributed by atoms with van der Waals surface area (Å²) in [6.45, 7) is 1.41. The number of para-hydroxylation sites is 1. The number of aromatic nitrogens is 2. The van der Waals surface area contributed by atoms with E-state index in [1.54, 1.807) is 24.3 Å². The number of rotatable bonds is 6. The highest BCUT2D eigenvalue weighted by Gasteiger charge is 2.36. The second-order valence-electron chi connectivity index (χ2n) is 8.56. The standard InChI is InChI=1S/C26H21BrF3N3O4/c1-13-11-17(26(28,29)30)20(24(35)33(13)2)15-9-7-14(8-10-15)12-19(25(36)37)32-23(34)22-21(27)16-5-3-4-6-18(16)31-22/h3-11,19,31H,12H2,1-2H3,(H,32,34)(H,36,37)/t19-/m0/s1. The van der Waals surface area contributed by atoms with E-state index in [1.165, 1.54) is 38.2 Å². The maximum Gasteiger partial charge on any atom is 0.417 e. The molecule has 0 radical (unpaired) electrons. The Morgan fingerprint density at radius 2 is 1.78 bits per heavy atom. The number of nitrogens with zero attached hydrogens (tertiary/aromatic N) is 1. The summed E-state index contributed by atoms with van der Waals surface area (Å²) in [7, 11) is 1.39. The first-order valence-corrected chi connectivity index (χ1v) is 11.8. The number of amides is 1. The molecule has 192 valence electrons. The summed E-state index contributed by atoms with van der Waals surface area (Å²) in [5.41, 5.74) is -0.794. The van der Waals surface area contributed by atoms with Crippen molar-refractivity contribution >= 4 is 38.7 Å². The molecular weight excluding hydrogens is 555 g/mol. The lowest BCUT2D eigenvalue weighted by molar-refractivity contribution is -0.139. The molecule has 2 heterocycles. The lowest BCUT2D eigenvalue weighted by Crippen LogP contribution is -2.42. The molecule has 4 rings (SSSR count). The lowest BCUT2D eigenvalue weighted by atomic mass is 9.97. The summed E-state index contributed by atoms with van der Waals surface area (Å²) < 4.78 is 42.6. The molecular formula is C26H21BrF3N3O4. The van der Waals surface area contributed by atoms with E-state index in [9.17, 15) is 32.7 Å². The van der Waals surface area contributed by atoms with Gasteiger partial charge in [0.25, 0.3) is 11.5 Å². The number of carbonyl (C=O) groups excluding carboxylic acids is 1. The van der Waals surface area contributed by atoms with Crippen LogP contribution in [0.1, 0.15) is 27.3 Å². The Hall–Kier alpha value is -3.86. The van der Waals surface area contributed by atoms with Crippen LogP contribution in [0.15, 0.2) is 63.9 Å². The van der Waals surface area contributed by atoms with Crippen molar-refractivity contribution in [3.8, 4) is 11.1 Å². The molecule has 4 aromatic rings. The van der Waals surface area contributed by atoms with Crippen LogP contribution >= 0.6 is 15.9 Å². The SMILES string of the molecule is Cc1cc(C(F)(F)F)c(-c2ccc(C[C@H](NC(=O)c3[nH]c4ccccc4c3Br)C(=O)O)cc2)c(=O)n1C. The van der Waals surface area contributed by atoms with Crippen molar-refractivity contribution in [2.24, 2.45) is 7.05 Å². The van der Waals surface area contributed by atoms with Gasteiger partial charge in [-0.05, 0) is 46.1 Å². The lowest BCUT2D eigenvalue weighted by Gasteiger charge is -2.17. The van der Waals surface area contributed by atoms with Crippen LogP contribution in [0.3, 0.4) is 0 Å². The maximum absolute atomic E-state index is 13.7. The van der Waals surface area contributed by atoms with Gasteiger partial charge in [-0.2, -0.15) is 13.2 Å². The zero-order chi connectivity index (χ0) is 27.1. The first kappa shape index (κ1) is 26.2. The van der Waals surface area contributed by atoms with Crippen molar-refractivity contribution in [2.75, 3.05) is 0 Å². The van der Waals surface area contributed by atoms with Crippen LogP contribution < -0.4 is 10.9 Å². The zero-order valence-electron chi connectivity index (χ0n) is 19.6. The fraction of sp³-hybridized carbons (Fsp3) is 0.192. The predicted octanol–water partition coefficient (Wildman–Crippen LogP) is 5.05. The number of aryl methyl sites for hydroxylation is 1. The first-order valence-electron chi connectivity index (χ1n) is 11.1. The van der Waals surface area contributed by atoms with E-state index in [0.717, 1.165) is 16.0 Å². The van der Waals surface area contributed by atoms with Gasteiger partial charge in [0.1, 0.15) is 11.7 Å². The minimum atomic E-state index is -4.73. The number of carbonyl (C=O) groups is 2. The molecule has 0 fully saturated rings. The number of nitrogens with one attached hydrogen (secondary N) is 2. The van der Waals surface area contributed by atoms with Crippen LogP contribution in [0.4, 0.5) is 13.2 Å². The minimum Gasteiger partial charge on any atom is -0.480 e. The van der Waals surface area contributed by atoms with Crippen molar-refractivity contribution in [1.82, 2.24) is 14.9 Å². The van der Waals surface area contributed by atoms with Crippen molar-refractivity contribution < 1.29 is 27.9 Å². The molecule has 0 aliphatic heterocycles. The second kappa shape index (κ2) is 9.89. The Balaban J connectivity index is 1.60. The second-order valence-corrected chi connectivity index (χ2v) is 9.35. The molecule has 0 spiro atoms. The number of carboxylic acids is 1. The third-order valence-corrected chi connectivity index (χ3v) is 6.95. The number of alkyl halides is 3. The normalized spacial score (nSPS) is 12.5. The number of H-pyrrole nitrogens is 1. The van der Waals surface area contributed by atoms with Gasteiger partial charge in [-0.25, -0.2) is 4.79 Å². The monoisotopic (exact) mass is 575 g/mol. The van der Waals surface area contributed by atoms with Gasteiger partial charge in [0.15, 0.2) is 0 Å². The summed E-state index contributed by atoms with van der Waals surface area (Å²) in [5.74, 6) is -1.92. The number of carboxylic acid groups (broad SMARTS) is 1. The van der Waals surface area contributed by atoms with Gasteiger partial charge in [-0.15, -0.1) is 0 Å². The zero-order valence-corrected chi connectivity index (χ0v) is 21.2. The van der Waals surface area contributed by atoms with E-state index in [4.69, 9.17) is 0 Å². The van der Waals surface area contributed by atoms with E-state index in [2.05, 4.69) is 26.2 Å². The summed E-state index contributed by atoms with van der Waals surface area (Å²) in [4.78, 5) is 40.3. The molecule has 1 amide bonds. The van der Waals surface area contributed by atoms with E-state index >= 15 is 0 Å². The Bertz CT molecular complexity index is 1570. The average Bonchev–Trinajstić information content (AvgIpc) is 3.18. The predicted molar refractivity (Wildman–Crippen MR) is 135 cm³/mol. The molecule has 3 N–H and O–H groups in total. The highest BCUT2D eigenvalue weighted by molar-refractivity contribution is 9.10. The summed E-state index contributed by atoms with van der Waals surface area (Å²) in [6, 6.07) is 12.3. The van der Waals surface area contributed by atoms with Crippen molar-refractivity contribution in [2.45, 2.75) is 25.6 Å². The fourth-order valence-corrected chi connectivity index (χ4v) is 4.69. The van der Waals surface area contributed by atoms with Crippen molar-refractivity contribution in [1.29, 1.82) is 0 Å². The molecule has 0 bridgehead atoms. The van der Waals surface area contributed by atoms with Gasteiger partial charge in [-0.3, -0.25) is 9.59 Å². The Kier molecular flexibility index (Phi) is 7.00. The highest BCUT2D eigenvalue weighted by atomic mass is 79.9. The van der Waals surface area contributed by atoms with E-state index < -0.39 is 40.8 Å². The van der Waals surface area contributed by atoms with E-state index in [1.807, 2.05) is 0 Å². The van der Waals surface area contributed by atoms with Crippen LogP contribution in [-0.4, -0.2) is 32.6 Å². The third kappa shape index (κ3) is 5.17. The maximum atomic E-state index is 13.7. The van der Waals surface area contributed by atoms with Gasteiger partial charge in [0.2, 0.25) is 0 Å². The fourth-order valence-electron chi connectivity index (χ4n) is 4.06. The van der Waals surface area contributed by atoms with Gasteiger partial charge in [0.05, 0.1) is 15.6 Å². The Morgan fingerprint density at radius 1 is 1.14 bits per heavy atom. The number of hydrogen-bond acceptors (Lipinski definition) is 3. The quantitative estimate of drug-likeness (QED) is 0.299. The van der Waals surface area contributed by atoms with Crippen LogP contribution in [0.25, 0.3) is 22.0 Å². The topological polar surface area (TPSA) is 104 Å². The minimum absolute atomic E-state index is 0.0505. The van der Waals surface area contributed by atoms with Crippen LogP contribution in [0.5, 0.6) is 0 Å². The van der Waals surface area contributed by atoms with Gasteiger partial charge >= 0.3 is 12.1 Å². The number of fused-ring (bicyclic) bond motifs is 1. The number of pyridine rings is 1. The summed E-state index contributed by atoms with van der Waals surface area (Å²) >= 11 is 3.36. The van der Waals surface area contributed by atoms with Crippen molar-refractivity contribution in [3.63, 3.8) is 0 Å². The molecule has 0 saturated carbocycles. The molecule has 0 unspecified atom stereocenters. The number of aliphatic carboxylic acids is 1. The van der Waals surface area contributed by atoms with Crippen LogP contribution in [-0.2, 0) is 24.4 Å². The van der Waals surface area contributed by atoms with Gasteiger partial charge in [-0.1, -0.05) is 42.5 Å². The summed E-state index contributed by atoms with van der Waals surface area (Å²) in [6.07, 6.45) is -4.86. The highest BCUT2D eigenvalue weighted by Crippen LogP contribution is 2.36. The first-order chi connectivity index (χ1) is 17.4. The number of benzene rings is 2. The smallest absolute Gasteiger partial charge is 0.417 e. The van der Waals surface area contributed by atoms with Crippen LogP contribution in [0, 0.1) is 6.92 Å². The number of hydrogen-bond donors (Lipinski definition) is 3. The molecule has 1 atom stereocenters. The number of aromatic amines is 1. The Morgan fingerprint density at radius 3 is 2.38 bits per heavy atom. The number of halogens is 4. The van der Waals surface area contributed by atoms with Crippen LogP contribution in [0.2, 0.25) is 0 Å². The summed E-state index contributed by atoms with van der Waals surface area (Å²) in [5, 5.41) is 12.9. The molecule has 11 heteroatoms. The molecule has 7 nitrogen and oxygen atoms in total. The van der Waals surface area contributed by atoms with Gasteiger partial charge in [0, 0.05) is 30.1 Å². The molecule has 0 aliphatic carbocycles. The molecule has 2 aromatic carbocycles. The molecule has 0 saturated heterocycles. The van der Waals surface area contributed by atoms with Crippen molar-refractivity contribution in [3.05, 3.63) is 91.9 Å². The largest absolute Gasteiger partial charge is 0.480 e. The van der Waals surface area contributed by atoms with E-state index in [-0.39, 0.29) is 23.4 Å². The third-order valence-electron chi connectivity index (χ3n) is 6.13. The Labute approximate surface area is 217 Å². The van der Waals surface area contributed by atoms with Gasteiger partial charge < -0.3 is 20.0 Å². The van der Waals surface area contributed by atoms with E-state index in [0.29, 0.717) is 15.6 Å².